The van der Waals surface area contributed by atoms with E-state index in [1.54, 1.807) is 6.20 Å². The molecule has 0 aliphatic carbocycles. The Morgan fingerprint density at radius 3 is 2.70 bits per heavy atom. The predicted molar refractivity (Wildman–Crippen MR) is 36.7 cm³/mol. The van der Waals surface area contributed by atoms with E-state index in [2.05, 4.69) is 16.9 Å². The van der Waals surface area contributed by atoms with Gasteiger partial charge in [-0.3, -0.25) is 4.79 Å². The molecule has 0 atom stereocenters. The van der Waals surface area contributed by atoms with Gasteiger partial charge in [-0.15, -0.1) is 0 Å². The summed E-state index contributed by atoms with van der Waals surface area (Å²) in [5.41, 5.74) is 0. The van der Waals surface area contributed by atoms with Crippen molar-refractivity contribution in [2.24, 2.45) is 0 Å². The zero-order valence-electron chi connectivity index (χ0n) is 5.74. The normalized spacial score (nSPS) is 7.70. The molecule has 0 amide bonds. The third-order valence-corrected chi connectivity index (χ3v) is 0.890. The summed E-state index contributed by atoms with van der Waals surface area (Å²) in [6, 6.07) is 0. The quantitative estimate of drug-likeness (QED) is 0.566. The fraction of sp³-hybridized carbons (Fsp3) is 0.333. The number of carboxylic acid groups (broad SMARTS) is 1. The SMILES string of the molecule is CCc1ncc[nH]1.O=CO. The number of aryl methyl sites for hydroxylation is 1. The first-order chi connectivity index (χ1) is 4.85. The highest BCUT2D eigenvalue weighted by atomic mass is 16.3. The number of aromatic nitrogens is 2. The first kappa shape index (κ1) is 8.68. The van der Waals surface area contributed by atoms with E-state index in [1.165, 1.54) is 0 Å². The number of carbonyl (C=O) groups is 1. The van der Waals surface area contributed by atoms with Crippen LogP contribution in [-0.4, -0.2) is 21.5 Å². The van der Waals surface area contributed by atoms with Crippen LogP contribution in [0.25, 0.3) is 0 Å². The van der Waals surface area contributed by atoms with E-state index in [0.717, 1.165) is 12.2 Å². The molecule has 0 radical (unpaired) electrons. The van der Waals surface area contributed by atoms with Crippen LogP contribution in [0, 0.1) is 0 Å². The number of rotatable bonds is 1. The number of H-pyrrole nitrogens is 1. The largest absolute Gasteiger partial charge is 0.483 e. The van der Waals surface area contributed by atoms with Crippen LogP contribution in [0.2, 0.25) is 0 Å². The summed E-state index contributed by atoms with van der Waals surface area (Å²) in [6.45, 7) is 1.82. The molecule has 1 aromatic rings. The molecular formula is C6H10N2O2. The molecule has 0 bridgehead atoms. The number of nitrogens with zero attached hydrogens (tertiary/aromatic N) is 1. The summed E-state index contributed by atoms with van der Waals surface area (Å²) in [4.78, 5) is 15.3. The van der Waals surface area contributed by atoms with Crippen LogP contribution < -0.4 is 0 Å². The van der Waals surface area contributed by atoms with Gasteiger partial charge >= 0.3 is 0 Å². The first-order valence-electron chi connectivity index (χ1n) is 2.91. The van der Waals surface area contributed by atoms with Crippen molar-refractivity contribution in [2.45, 2.75) is 13.3 Å². The molecule has 1 aromatic heterocycles. The van der Waals surface area contributed by atoms with Gasteiger partial charge in [0.05, 0.1) is 0 Å². The van der Waals surface area contributed by atoms with Gasteiger partial charge in [-0.1, -0.05) is 6.92 Å². The van der Waals surface area contributed by atoms with Crippen molar-refractivity contribution < 1.29 is 9.90 Å². The molecule has 1 rings (SSSR count). The molecule has 0 aliphatic rings. The summed E-state index contributed by atoms with van der Waals surface area (Å²) >= 11 is 0. The van der Waals surface area contributed by atoms with Gasteiger partial charge in [-0.2, -0.15) is 0 Å². The topological polar surface area (TPSA) is 66.0 Å². The maximum absolute atomic E-state index is 8.36. The maximum Gasteiger partial charge on any atom is 0.290 e. The highest BCUT2D eigenvalue weighted by Gasteiger charge is 1.82. The Hall–Kier alpha value is -1.32. The lowest BCUT2D eigenvalue weighted by Crippen LogP contribution is -1.78. The highest BCUT2D eigenvalue weighted by Crippen LogP contribution is 1.85. The van der Waals surface area contributed by atoms with Crippen molar-refractivity contribution >= 4 is 6.47 Å². The molecule has 1 heterocycles. The molecule has 10 heavy (non-hydrogen) atoms. The number of nitrogens with one attached hydrogen (secondary N) is 1. The number of aromatic amines is 1. The molecule has 0 aliphatic heterocycles. The summed E-state index contributed by atoms with van der Waals surface area (Å²) in [5, 5.41) is 6.89. The summed E-state index contributed by atoms with van der Waals surface area (Å²) in [7, 11) is 0. The van der Waals surface area contributed by atoms with Crippen molar-refractivity contribution in [3.63, 3.8) is 0 Å². The van der Waals surface area contributed by atoms with E-state index < -0.39 is 0 Å². The summed E-state index contributed by atoms with van der Waals surface area (Å²) in [6.07, 6.45) is 4.59. The second-order valence-corrected chi connectivity index (χ2v) is 1.49. The Morgan fingerprint density at radius 1 is 1.90 bits per heavy atom. The molecule has 4 nitrogen and oxygen atoms in total. The minimum atomic E-state index is -0.250. The maximum atomic E-state index is 8.36. The van der Waals surface area contributed by atoms with E-state index in [0.29, 0.717) is 0 Å². The lowest BCUT2D eigenvalue weighted by Gasteiger charge is -1.79. The fourth-order valence-corrected chi connectivity index (χ4v) is 0.491. The predicted octanol–water partition coefficient (Wildman–Crippen LogP) is 0.673. The van der Waals surface area contributed by atoms with E-state index in [1.807, 2.05) is 6.20 Å². The molecule has 0 saturated heterocycles. The molecule has 0 aromatic carbocycles. The second-order valence-electron chi connectivity index (χ2n) is 1.49. The molecule has 0 spiro atoms. The van der Waals surface area contributed by atoms with Crippen molar-refractivity contribution in [3.8, 4) is 0 Å². The van der Waals surface area contributed by atoms with E-state index in [-0.39, 0.29) is 6.47 Å². The Balaban J connectivity index is 0.000000236. The van der Waals surface area contributed by atoms with Crippen LogP contribution >= 0.6 is 0 Å². The van der Waals surface area contributed by atoms with Crippen LogP contribution in [0.5, 0.6) is 0 Å². The van der Waals surface area contributed by atoms with Crippen LogP contribution in [0.15, 0.2) is 12.4 Å². The first-order valence-corrected chi connectivity index (χ1v) is 2.91. The lowest BCUT2D eigenvalue weighted by atomic mass is 10.5. The highest BCUT2D eigenvalue weighted by molar-refractivity contribution is 5.32. The summed E-state index contributed by atoms with van der Waals surface area (Å²) in [5.74, 6) is 1.06. The van der Waals surface area contributed by atoms with Crippen LogP contribution in [0.3, 0.4) is 0 Å². The van der Waals surface area contributed by atoms with Crippen molar-refractivity contribution in [1.82, 2.24) is 9.97 Å². The Labute approximate surface area is 58.9 Å². The Bertz CT molecular complexity index is 160. The Kier molecular flexibility index (Phi) is 5.04. The van der Waals surface area contributed by atoms with Crippen LogP contribution in [0.1, 0.15) is 12.7 Å². The number of imidazole rings is 1. The Morgan fingerprint density at radius 2 is 2.50 bits per heavy atom. The molecule has 56 valence electrons. The average molecular weight is 142 g/mol. The van der Waals surface area contributed by atoms with Gasteiger partial charge in [0.2, 0.25) is 0 Å². The van der Waals surface area contributed by atoms with Gasteiger partial charge in [0.25, 0.3) is 6.47 Å². The standard InChI is InChI=1S/C5H8N2.CH2O2/c1-2-5-6-3-4-7-5;2-1-3/h3-4H,2H2,1H3,(H,6,7);1H,(H,2,3). The van der Waals surface area contributed by atoms with Gasteiger partial charge < -0.3 is 10.1 Å². The molecule has 0 unspecified atom stereocenters. The smallest absolute Gasteiger partial charge is 0.290 e. The number of hydrogen-bond acceptors (Lipinski definition) is 2. The third kappa shape index (κ3) is 3.65. The minimum Gasteiger partial charge on any atom is -0.483 e. The van der Waals surface area contributed by atoms with Gasteiger partial charge in [0, 0.05) is 18.8 Å². The van der Waals surface area contributed by atoms with E-state index in [4.69, 9.17) is 9.90 Å². The number of hydrogen-bond donors (Lipinski definition) is 2. The van der Waals surface area contributed by atoms with Crippen LogP contribution in [-0.2, 0) is 11.2 Å². The third-order valence-electron chi connectivity index (χ3n) is 0.890. The van der Waals surface area contributed by atoms with Crippen molar-refractivity contribution in [2.75, 3.05) is 0 Å². The fourth-order valence-electron chi connectivity index (χ4n) is 0.491. The zero-order chi connectivity index (χ0) is 7.82. The van der Waals surface area contributed by atoms with Crippen molar-refractivity contribution in [1.29, 1.82) is 0 Å². The van der Waals surface area contributed by atoms with E-state index in [9.17, 15) is 0 Å². The molecule has 0 saturated carbocycles. The monoisotopic (exact) mass is 142 g/mol. The van der Waals surface area contributed by atoms with Crippen LogP contribution in [0.4, 0.5) is 0 Å². The zero-order valence-corrected chi connectivity index (χ0v) is 5.74. The lowest BCUT2D eigenvalue weighted by molar-refractivity contribution is -0.122. The molecule has 2 N–H and O–H groups in total. The molecular weight excluding hydrogens is 132 g/mol. The van der Waals surface area contributed by atoms with Gasteiger partial charge in [-0.25, -0.2) is 4.98 Å². The van der Waals surface area contributed by atoms with E-state index >= 15 is 0 Å². The van der Waals surface area contributed by atoms with Gasteiger partial charge in [0.15, 0.2) is 0 Å². The van der Waals surface area contributed by atoms with Crippen molar-refractivity contribution in [3.05, 3.63) is 18.2 Å². The molecule has 4 heteroatoms. The second kappa shape index (κ2) is 5.81. The minimum absolute atomic E-state index is 0.250. The summed E-state index contributed by atoms with van der Waals surface area (Å²) < 4.78 is 0. The van der Waals surface area contributed by atoms with Gasteiger partial charge in [0.1, 0.15) is 5.82 Å². The van der Waals surface area contributed by atoms with Gasteiger partial charge in [-0.05, 0) is 0 Å². The molecule has 0 fully saturated rings. The average Bonchev–Trinajstić information content (AvgIpc) is 2.39.